The summed E-state index contributed by atoms with van der Waals surface area (Å²) in [6, 6.07) is 0.112. The van der Waals surface area contributed by atoms with Crippen molar-refractivity contribution in [2.45, 2.75) is 32.2 Å². The maximum atomic E-state index is 10.7. The van der Waals surface area contributed by atoms with E-state index in [9.17, 15) is 4.79 Å². The topological polar surface area (TPSA) is 40.5 Å². The number of rotatable bonds is 2. The van der Waals surface area contributed by atoms with Crippen LogP contribution in [0.25, 0.3) is 0 Å². The molecule has 0 aliphatic carbocycles. The van der Waals surface area contributed by atoms with E-state index in [0.29, 0.717) is 6.54 Å². The van der Waals surface area contributed by atoms with E-state index in [1.54, 1.807) is 0 Å². The van der Waals surface area contributed by atoms with Crippen molar-refractivity contribution in [1.29, 1.82) is 0 Å². The molecular formula is C9H15NO2. The molecule has 3 heteroatoms. The predicted octanol–water partition coefficient (Wildman–Crippen LogP) is 2.09. The maximum absolute atomic E-state index is 10.7. The minimum atomic E-state index is -0.794. The maximum Gasteiger partial charge on any atom is 0.407 e. The van der Waals surface area contributed by atoms with Crippen LogP contribution >= 0.6 is 0 Å². The molecule has 1 aliphatic rings. The van der Waals surface area contributed by atoms with Gasteiger partial charge in [0.15, 0.2) is 0 Å². The highest BCUT2D eigenvalue weighted by Gasteiger charge is 2.21. The molecule has 1 amide bonds. The summed E-state index contributed by atoms with van der Waals surface area (Å²) in [5.41, 5.74) is 0. The Balaban J connectivity index is 2.58. The van der Waals surface area contributed by atoms with Gasteiger partial charge in [0.25, 0.3) is 0 Å². The average Bonchev–Trinajstić information content (AvgIpc) is 2.05. The molecule has 1 rings (SSSR count). The molecule has 0 saturated heterocycles. The van der Waals surface area contributed by atoms with Gasteiger partial charge in [-0.25, -0.2) is 4.79 Å². The molecule has 68 valence electrons. The van der Waals surface area contributed by atoms with Crippen LogP contribution in [-0.4, -0.2) is 28.7 Å². The quantitative estimate of drug-likeness (QED) is 0.643. The number of carbonyl (C=O) groups is 1. The first-order valence-electron chi connectivity index (χ1n) is 4.42. The van der Waals surface area contributed by atoms with Crippen molar-refractivity contribution < 1.29 is 9.90 Å². The van der Waals surface area contributed by atoms with Crippen LogP contribution in [0.2, 0.25) is 0 Å². The van der Waals surface area contributed by atoms with Crippen molar-refractivity contribution in [2.75, 3.05) is 6.54 Å². The third-order valence-electron chi connectivity index (χ3n) is 2.13. The van der Waals surface area contributed by atoms with Gasteiger partial charge < -0.3 is 10.0 Å². The van der Waals surface area contributed by atoms with E-state index in [4.69, 9.17) is 5.11 Å². The third-order valence-corrected chi connectivity index (χ3v) is 2.13. The van der Waals surface area contributed by atoms with Gasteiger partial charge in [0.2, 0.25) is 0 Å². The summed E-state index contributed by atoms with van der Waals surface area (Å²) in [5.74, 6) is 0. The Morgan fingerprint density at radius 3 is 3.08 bits per heavy atom. The number of hydrogen-bond acceptors (Lipinski definition) is 1. The largest absolute Gasteiger partial charge is 0.465 e. The van der Waals surface area contributed by atoms with E-state index in [-0.39, 0.29) is 6.04 Å². The second-order valence-electron chi connectivity index (χ2n) is 3.05. The molecule has 0 saturated carbocycles. The molecule has 3 nitrogen and oxygen atoms in total. The highest BCUT2D eigenvalue weighted by atomic mass is 16.4. The molecular weight excluding hydrogens is 154 g/mol. The Kier molecular flexibility index (Phi) is 3.14. The van der Waals surface area contributed by atoms with Crippen LogP contribution in [0, 0.1) is 0 Å². The van der Waals surface area contributed by atoms with E-state index in [1.165, 1.54) is 4.90 Å². The molecule has 1 atom stereocenters. The fraction of sp³-hybridized carbons (Fsp3) is 0.667. The van der Waals surface area contributed by atoms with E-state index in [1.807, 2.05) is 6.08 Å². The summed E-state index contributed by atoms with van der Waals surface area (Å²) < 4.78 is 0. The van der Waals surface area contributed by atoms with Gasteiger partial charge >= 0.3 is 6.09 Å². The summed E-state index contributed by atoms with van der Waals surface area (Å²) in [7, 11) is 0. The molecule has 0 aromatic heterocycles. The first kappa shape index (κ1) is 9.10. The summed E-state index contributed by atoms with van der Waals surface area (Å²) in [5, 5.41) is 8.83. The van der Waals surface area contributed by atoms with Crippen LogP contribution in [-0.2, 0) is 0 Å². The van der Waals surface area contributed by atoms with Crippen LogP contribution in [0.5, 0.6) is 0 Å². The predicted molar refractivity (Wildman–Crippen MR) is 47.2 cm³/mol. The van der Waals surface area contributed by atoms with Gasteiger partial charge in [0.1, 0.15) is 0 Å². The van der Waals surface area contributed by atoms with Gasteiger partial charge in [-0.15, -0.1) is 0 Å². The lowest BCUT2D eigenvalue weighted by Crippen LogP contribution is -2.40. The van der Waals surface area contributed by atoms with E-state index in [0.717, 1.165) is 19.3 Å². The summed E-state index contributed by atoms with van der Waals surface area (Å²) in [6.07, 6.45) is 6.09. The molecule has 0 aromatic rings. The minimum absolute atomic E-state index is 0.112. The summed E-state index contributed by atoms with van der Waals surface area (Å²) in [6.45, 7) is 2.72. The Morgan fingerprint density at radius 1 is 1.75 bits per heavy atom. The van der Waals surface area contributed by atoms with Gasteiger partial charge in [-0.1, -0.05) is 25.5 Å². The zero-order chi connectivity index (χ0) is 8.97. The third kappa shape index (κ3) is 2.00. The zero-order valence-electron chi connectivity index (χ0n) is 7.36. The highest BCUT2D eigenvalue weighted by Crippen LogP contribution is 2.14. The van der Waals surface area contributed by atoms with E-state index >= 15 is 0 Å². The molecule has 0 spiro atoms. The smallest absolute Gasteiger partial charge is 0.407 e. The van der Waals surface area contributed by atoms with Crippen molar-refractivity contribution in [3.8, 4) is 0 Å². The molecule has 1 unspecified atom stereocenters. The van der Waals surface area contributed by atoms with Gasteiger partial charge in [-0.05, 0) is 12.8 Å². The molecule has 12 heavy (non-hydrogen) atoms. The molecule has 1 N–H and O–H groups in total. The Morgan fingerprint density at radius 2 is 2.50 bits per heavy atom. The minimum Gasteiger partial charge on any atom is -0.465 e. The fourth-order valence-corrected chi connectivity index (χ4v) is 1.52. The van der Waals surface area contributed by atoms with Crippen molar-refractivity contribution in [2.24, 2.45) is 0 Å². The normalized spacial score (nSPS) is 22.8. The fourth-order valence-electron chi connectivity index (χ4n) is 1.52. The molecule has 0 fully saturated rings. The van der Waals surface area contributed by atoms with Crippen molar-refractivity contribution in [3.63, 3.8) is 0 Å². The van der Waals surface area contributed by atoms with E-state index in [2.05, 4.69) is 13.0 Å². The van der Waals surface area contributed by atoms with Gasteiger partial charge in [-0.3, -0.25) is 0 Å². The number of carboxylic acid groups (broad SMARTS) is 1. The molecule has 0 aromatic carbocycles. The highest BCUT2D eigenvalue weighted by molar-refractivity contribution is 5.66. The van der Waals surface area contributed by atoms with E-state index < -0.39 is 6.09 Å². The molecule has 0 bridgehead atoms. The van der Waals surface area contributed by atoms with Crippen molar-refractivity contribution in [3.05, 3.63) is 12.2 Å². The summed E-state index contributed by atoms with van der Waals surface area (Å²) >= 11 is 0. The molecule has 1 aliphatic heterocycles. The summed E-state index contributed by atoms with van der Waals surface area (Å²) in [4.78, 5) is 12.2. The molecule has 0 radical (unpaired) electrons. The number of nitrogens with zero attached hydrogens (tertiary/aromatic N) is 1. The van der Waals surface area contributed by atoms with Gasteiger partial charge in [-0.2, -0.15) is 0 Å². The average molecular weight is 169 g/mol. The zero-order valence-corrected chi connectivity index (χ0v) is 7.36. The van der Waals surface area contributed by atoms with Crippen molar-refractivity contribution in [1.82, 2.24) is 4.90 Å². The first-order chi connectivity index (χ1) is 5.75. The SMILES string of the molecule is CCCC1C=CCCN1C(=O)O. The molecule has 1 heterocycles. The van der Waals surface area contributed by atoms with Crippen LogP contribution < -0.4 is 0 Å². The van der Waals surface area contributed by atoms with Gasteiger partial charge in [0.05, 0.1) is 6.04 Å². The monoisotopic (exact) mass is 169 g/mol. The lowest BCUT2D eigenvalue weighted by atomic mass is 10.1. The Hall–Kier alpha value is -0.990. The number of amides is 1. The lowest BCUT2D eigenvalue weighted by molar-refractivity contribution is 0.130. The van der Waals surface area contributed by atoms with Crippen LogP contribution in [0.1, 0.15) is 26.2 Å². The van der Waals surface area contributed by atoms with Crippen molar-refractivity contribution >= 4 is 6.09 Å². The second kappa shape index (κ2) is 4.14. The standard InChI is InChI=1S/C9H15NO2/c1-2-5-8-6-3-4-7-10(8)9(11)12/h3,6,8H,2,4-5,7H2,1H3,(H,11,12). The Bertz CT molecular complexity index is 189. The van der Waals surface area contributed by atoms with Gasteiger partial charge in [0, 0.05) is 6.54 Å². The lowest BCUT2D eigenvalue weighted by Gasteiger charge is -2.29. The van der Waals surface area contributed by atoms with Crippen LogP contribution in [0.4, 0.5) is 4.79 Å². The van der Waals surface area contributed by atoms with Crippen LogP contribution in [0.15, 0.2) is 12.2 Å². The Labute approximate surface area is 72.7 Å². The first-order valence-corrected chi connectivity index (χ1v) is 4.42. The van der Waals surface area contributed by atoms with Crippen LogP contribution in [0.3, 0.4) is 0 Å². The number of hydrogen-bond donors (Lipinski definition) is 1. The second-order valence-corrected chi connectivity index (χ2v) is 3.05.